The Morgan fingerprint density at radius 3 is 3.15 bits per heavy atom. The molecular formula is C13H17N5O2. The van der Waals surface area contributed by atoms with Gasteiger partial charge in [-0.2, -0.15) is 5.10 Å². The Hall–Kier alpha value is -2.31. The maximum absolute atomic E-state index is 12.1. The molecule has 2 N–H and O–H groups in total. The molecule has 20 heavy (non-hydrogen) atoms. The minimum Gasteiger partial charge on any atom is -0.368 e. The number of rotatable bonds is 3. The van der Waals surface area contributed by atoms with E-state index in [4.69, 9.17) is 4.52 Å². The van der Waals surface area contributed by atoms with Gasteiger partial charge in [0.05, 0.1) is 18.3 Å². The molecule has 0 bridgehead atoms. The van der Waals surface area contributed by atoms with E-state index in [1.807, 2.05) is 18.5 Å². The maximum Gasteiger partial charge on any atom is 0.229 e. The summed E-state index contributed by atoms with van der Waals surface area (Å²) < 4.78 is 6.93. The summed E-state index contributed by atoms with van der Waals surface area (Å²) in [6, 6.07) is 0. The fraction of sp³-hybridized carbons (Fsp3) is 0.462. The number of hydrogen-bond acceptors (Lipinski definition) is 5. The van der Waals surface area contributed by atoms with Crippen molar-refractivity contribution in [2.45, 2.75) is 33.2 Å². The number of carbonyl (C=O) groups excluding carboxylic acids is 1. The van der Waals surface area contributed by atoms with Crippen molar-refractivity contribution in [3.63, 3.8) is 0 Å². The van der Waals surface area contributed by atoms with Crippen LogP contribution in [0.4, 0.5) is 11.5 Å². The van der Waals surface area contributed by atoms with Gasteiger partial charge in [-0.1, -0.05) is 5.16 Å². The van der Waals surface area contributed by atoms with E-state index in [0.29, 0.717) is 5.76 Å². The Balaban J connectivity index is 1.72. The predicted molar refractivity (Wildman–Crippen MR) is 73.6 cm³/mol. The summed E-state index contributed by atoms with van der Waals surface area (Å²) in [5, 5.41) is 14.2. The summed E-state index contributed by atoms with van der Waals surface area (Å²) in [7, 11) is 0. The van der Waals surface area contributed by atoms with Crippen LogP contribution < -0.4 is 10.6 Å². The molecule has 0 atom stereocenters. The summed E-state index contributed by atoms with van der Waals surface area (Å²) in [6.07, 6.45) is 2.98. The monoisotopic (exact) mass is 275 g/mol. The summed E-state index contributed by atoms with van der Waals surface area (Å²) in [5.74, 6) is 1.47. The Morgan fingerprint density at radius 2 is 2.40 bits per heavy atom. The molecule has 0 saturated carbocycles. The van der Waals surface area contributed by atoms with Crippen molar-refractivity contribution in [3.05, 3.63) is 23.2 Å². The molecular weight excluding hydrogens is 258 g/mol. The number of fused-ring (bicyclic) bond motifs is 1. The normalized spacial score (nSPS) is 13.7. The highest BCUT2D eigenvalue weighted by Crippen LogP contribution is 2.24. The maximum atomic E-state index is 12.1. The SMILES string of the molecule is Cc1noc(C)c1CC(=O)Nc1cnn2c1NCCC2. The highest BCUT2D eigenvalue weighted by atomic mass is 16.5. The first-order chi connectivity index (χ1) is 9.65. The molecule has 0 fully saturated rings. The Morgan fingerprint density at radius 1 is 1.55 bits per heavy atom. The molecule has 106 valence electrons. The molecule has 0 spiro atoms. The summed E-state index contributed by atoms with van der Waals surface area (Å²) in [5.41, 5.74) is 2.32. The smallest absolute Gasteiger partial charge is 0.229 e. The van der Waals surface area contributed by atoms with Crippen LogP contribution in [-0.4, -0.2) is 27.4 Å². The van der Waals surface area contributed by atoms with E-state index >= 15 is 0 Å². The van der Waals surface area contributed by atoms with Crippen LogP contribution in [0.15, 0.2) is 10.7 Å². The first kappa shape index (κ1) is 12.7. The highest BCUT2D eigenvalue weighted by Gasteiger charge is 2.18. The topological polar surface area (TPSA) is 85.0 Å². The van der Waals surface area contributed by atoms with E-state index in [2.05, 4.69) is 20.9 Å². The van der Waals surface area contributed by atoms with Crippen molar-refractivity contribution < 1.29 is 9.32 Å². The second-order valence-electron chi connectivity index (χ2n) is 4.94. The Bertz CT molecular complexity index is 624. The lowest BCUT2D eigenvalue weighted by atomic mass is 10.1. The molecule has 0 radical (unpaired) electrons. The van der Waals surface area contributed by atoms with Gasteiger partial charge in [0.1, 0.15) is 17.3 Å². The minimum atomic E-state index is -0.0948. The molecule has 2 aromatic heterocycles. The van der Waals surface area contributed by atoms with E-state index in [-0.39, 0.29) is 12.3 Å². The zero-order chi connectivity index (χ0) is 14.1. The van der Waals surface area contributed by atoms with Gasteiger partial charge in [0.25, 0.3) is 0 Å². The third kappa shape index (κ3) is 2.26. The van der Waals surface area contributed by atoms with Crippen molar-refractivity contribution in [2.24, 2.45) is 0 Å². The molecule has 3 heterocycles. The largest absolute Gasteiger partial charge is 0.368 e. The molecule has 0 saturated heterocycles. The summed E-state index contributed by atoms with van der Waals surface area (Å²) in [4.78, 5) is 12.1. The van der Waals surface area contributed by atoms with Crippen LogP contribution in [0.25, 0.3) is 0 Å². The molecule has 0 aromatic carbocycles. The molecule has 3 rings (SSSR count). The lowest BCUT2D eigenvalue weighted by Gasteiger charge is -2.17. The number of anilines is 2. The molecule has 0 unspecified atom stereocenters. The van der Waals surface area contributed by atoms with E-state index in [1.54, 1.807) is 6.20 Å². The van der Waals surface area contributed by atoms with E-state index in [1.165, 1.54) is 0 Å². The van der Waals surface area contributed by atoms with Crippen LogP contribution in [0.1, 0.15) is 23.4 Å². The standard InChI is InChI=1S/C13H17N5O2/c1-8-10(9(2)20-17-8)6-12(19)16-11-7-15-18-5-3-4-14-13(11)18/h7,14H,3-6H2,1-2H3,(H,16,19). The zero-order valence-corrected chi connectivity index (χ0v) is 11.6. The molecule has 1 aliphatic heterocycles. The van der Waals surface area contributed by atoms with Gasteiger partial charge in [-0.3, -0.25) is 4.79 Å². The third-order valence-electron chi connectivity index (χ3n) is 3.47. The molecule has 1 amide bonds. The first-order valence-electron chi connectivity index (χ1n) is 6.66. The van der Waals surface area contributed by atoms with Gasteiger partial charge in [-0.25, -0.2) is 4.68 Å². The van der Waals surface area contributed by atoms with E-state index in [0.717, 1.165) is 42.3 Å². The second kappa shape index (κ2) is 4.99. The van der Waals surface area contributed by atoms with Crippen molar-refractivity contribution in [3.8, 4) is 0 Å². The van der Waals surface area contributed by atoms with E-state index in [9.17, 15) is 4.79 Å². The van der Waals surface area contributed by atoms with Crippen LogP contribution >= 0.6 is 0 Å². The van der Waals surface area contributed by atoms with Crippen molar-refractivity contribution in [1.82, 2.24) is 14.9 Å². The number of nitrogens with one attached hydrogen (secondary N) is 2. The molecule has 7 heteroatoms. The lowest BCUT2D eigenvalue weighted by molar-refractivity contribution is -0.115. The zero-order valence-electron chi connectivity index (χ0n) is 11.6. The van der Waals surface area contributed by atoms with Gasteiger partial charge in [0.2, 0.25) is 5.91 Å². The molecule has 2 aromatic rings. The van der Waals surface area contributed by atoms with Gasteiger partial charge >= 0.3 is 0 Å². The lowest BCUT2D eigenvalue weighted by Crippen LogP contribution is -2.20. The number of carbonyl (C=O) groups is 1. The van der Waals surface area contributed by atoms with Gasteiger partial charge < -0.3 is 15.2 Å². The van der Waals surface area contributed by atoms with Gasteiger partial charge in [0.15, 0.2) is 0 Å². The van der Waals surface area contributed by atoms with Crippen molar-refractivity contribution in [2.75, 3.05) is 17.2 Å². The van der Waals surface area contributed by atoms with Gasteiger partial charge in [-0.15, -0.1) is 0 Å². The van der Waals surface area contributed by atoms with Gasteiger partial charge in [-0.05, 0) is 20.3 Å². The highest BCUT2D eigenvalue weighted by molar-refractivity contribution is 5.95. The number of nitrogens with zero attached hydrogens (tertiary/aromatic N) is 3. The second-order valence-corrected chi connectivity index (χ2v) is 4.94. The fourth-order valence-electron chi connectivity index (χ4n) is 2.38. The molecule has 7 nitrogen and oxygen atoms in total. The van der Waals surface area contributed by atoms with Crippen LogP contribution in [0.2, 0.25) is 0 Å². The average molecular weight is 275 g/mol. The summed E-state index contributed by atoms with van der Waals surface area (Å²) >= 11 is 0. The third-order valence-corrected chi connectivity index (χ3v) is 3.47. The van der Waals surface area contributed by atoms with Crippen molar-refractivity contribution >= 4 is 17.4 Å². The summed E-state index contributed by atoms with van der Waals surface area (Å²) in [6.45, 7) is 5.43. The van der Waals surface area contributed by atoms with Crippen LogP contribution in [-0.2, 0) is 17.8 Å². The Kier molecular flexibility index (Phi) is 3.17. The predicted octanol–water partition coefficient (Wildman–Crippen LogP) is 1.48. The number of aromatic nitrogens is 3. The quantitative estimate of drug-likeness (QED) is 0.886. The number of hydrogen-bond donors (Lipinski definition) is 2. The number of aryl methyl sites for hydroxylation is 3. The number of amides is 1. The van der Waals surface area contributed by atoms with Gasteiger partial charge in [0, 0.05) is 18.7 Å². The molecule has 1 aliphatic rings. The minimum absolute atomic E-state index is 0.0948. The van der Waals surface area contributed by atoms with Crippen LogP contribution in [0, 0.1) is 13.8 Å². The molecule has 0 aliphatic carbocycles. The average Bonchev–Trinajstić information content (AvgIpc) is 2.98. The van der Waals surface area contributed by atoms with Crippen molar-refractivity contribution in [1.29, 1.82) is 0 Å². The van der Waals surface area contributed by atoms with E-state index < -0.39 is 0 Å². The fourth-order valence-corrected chi connectivity index (χ4v) is 2.38. The van der Waals surface area contributed by atoms with Crippen LogP contribution in [0.3, 0.4) is 0 Å². The first-order valence-corrected chi connectivity index (χ1v) is 6.66. The Labute approximate surface area is 116 Å². The van der Waals surface area contributed by atoms with Crippen LogP contribution in [0.5, 0.6) is 0 Å².